The van der Waals surface area contributed by atoms with E-state index >= 15 is 0 Å². The van der Waals surface area contributed by atoms with E-state index in [9.17, 15) is 14.4 Å². The van der Waals surface area contributed by atoms with Crippen LogP contribution in [0.1, 0.15) is 47.1 Å². The fourth-order valence-electron chi connectivity index (χ4n) is 3.07. The van der Waals surface area contributed by atoms with Gasteiger partial charge in [0.05, 0.1) is 17.6 Å². The van der Waals surface area contributed by atoms with Gasteiger partial charge in [0.1, 0.15) is 5.00 Å². The second-order valence-corrected chi connectivity index (χ2v) is 8.12. The number of anilines is 3. The maximum atomic E-state index is 13.0. The number of hydrogen-bond donors (Lipinski definition) is 3. The van der Waals surface area contributed by atoms with Crippen molar-refractivity contribution in [3.8, 4) is 0 Å². The molecule has 2 amide bonds. The fraction of sp³-hybridized carbons (Fsp3) is 0.174. The largest absolute Gasteiger partial charge is 0.465 e. The van der Waals surface area contributed by atoms with Crippen LogP contribution in [0, 0.1) is 20.8 Å². The number of carbonyl (C=O) groups excluding carboxylic acids is 3. The molecule has 0 saturated carbocycles. The van der Waals surface area contributed by atoms with Crippen LogP contribution in [0.4, 0.5) is 16.4 Å². The number of nitrogens with two attached hydrogens (primary N) is 1. The van der Waals surface area contributed by atoms with Gasteiger partial charge in [-0.15, -0.1) is 11.3 Å². The van der Waals surface area contributed by atoms with Crippen molar-refractivity contribution in [2.75, 3.05) is 23.5 Å². The van der Waals surface area contributed by atoms with Crippen molar-refractivity contribution in [1.82, 2.24) is 0 Å². The standard InChI is InChI=1S/C23H23N3O4S/c1-12-8-9-13(2)17(10-12)25-21(28)19-14(3)18(23(29)30-4)22(31-19)26-20(27)15-6-5-7-16(24)11-15/h5-11H,24H2,1-4H3,(H,25,28)(H,26,27). The van der Waals surface area contributed by atoms with Crippen molar-refractivity contribution < 1.29 is 19.1 Å². The Morgan fingerprint density at radius 3 is 2.39 bits per heavy atom. The number of aryl methyl sites for hydroxylation is 2. The van der Waals surface area contributed by atoms with E-state index in [4.69, 9.17) is 10.5 Å². The van der Waals surface area contributed by atoms with Gasteiger partial charge in [-0.05, 0) is 61.7 Å². The van der Waals surface area contributed by atoms with Crippen molar-refractivity contribution in [1.29, 1.82) is 0 Å². The van der Waals surface area contributed by atoms with E-state index in [0.717, 1.165) is 22.5 Å². The topological polar surface area (TPSA) is 111 Å². The molecule has 0 aliphatic rings. The maximum Gasteiger partial charge on any atom is 0.341 e. The van der Waals surface area contributed by atoms with Gasteiger partial charge in [-0.3, -0.25) is 9.59 Å². The van der Waals surface area contributed by atoms with Crippen LogP contribution in [0.2, 0.25) is 0 Å². The van der Waals surface area contributed by atoms with E-state index in [2.05, 4.69) is 10.6 Å². The van der Waals surface area contributed by atoms with Crippen molar-refractivity contribution in [3.05, 3.63) is 75.2 Å². The first-order valence-corrected chi connectivity index (χ1v) is 10.3. The Kier molecular flexibility index (Phi) is 6.41. The monoisotopic (exact) mass is 437 g/mol. The Balaban J connectivity index is 1.96. The Hall–Kier alpha value is -3.65. The number of amides is 2. The summed E-state index contributed by atoms with van der Waals surface area (Å²) in [4.78, 5) is 38.4. The Labute approximate surface area is 184 Å². The van der Waals surface area contributed by atoms with E-state index < -0.39 is 11.9 Å². The molecule has 0 bridgehead atoms. The molecule has 3 aromatic rings. The van der Waals surface area contributed by atoms with Crippen LogP contribution in [0.15, 0.2) is 42.5 Å². The Bertz CT molecular complexity index is 1180. The average molecular weight is 438 g/mol. The molecule has 0 aliphatic carbocycles. The molecular formula is C23H23N3O4S. The molecule has 0 aliphatic heterocycles. The van der Waals surface area contributed by atoms with Crippen molar-refractivity contribution in [2.24, 2.45) is 0 Å². The van der Waals surface area contributed by atoms with E-state index in [-0.39, 0.29) is 16.5 Å². The highest BCUT2D eigenvalue weighted by Crippen LogP contribution is 2.35. The fourth-order valence-corrected chi connectivity index (χ4v) is 4.16. The van der Waals surface area contributed by atoms with Gasteiger partial charge in [0.15, 0.2) is 0 Å². The minimum atomic E-state index is -0.637. The van der Waals surface area contributed by atoms with Gasteiger partial charge < -0.3 is 21.1 Å². The van der Waals surface area contributed by atoms with Crippen LogP contribution in [-0.4, -0.2) is 24.9 Å². The van der Waals surface area contributed by atoms with Crippen LogP contribution in [0.25, 0.3) is 0 Å². The molecule has 7 nitrogen and oxygen atoms in total. The Morgan fingerprint density at radius 2 is 1.71 bits per heavy atom. The molecule has 0 fully saturated rings. The lowest BCUT2D eigenvalue weighted by molar-refractivity contribution is 0.0601. The quantitative estimate of drug-likeness (QED) is 0.401. The molecular weight excluding hydrogens is 414 g/mol. The summed E-state index contributed by atoms with van der Waals surface area (Å²) < 4.78 is 4.88. The molecule has 0 atom stereocenters. The predicted octanol–water partition coefficient (Wildman–Crippen LogP) is 4.55. The number of thiophene rings is 1. The lowest BCUT2D eigenvalue weighted by Gasteiger charge is -2.09. The second-order valence-electron chi connectivity index (χ2n) is 7.10. The zero-order valence-electron chi connectivity index (χ0n) is 17.7. The summed E-state index contributed by atoms with van der Waals surface area (Å²) in [6.07, 6.45) is 0. The number of benzene rings is 2. The number of hydrogen-bond acceptors (Lipinski definition) is 6. The molecule has 160 valence electrons. The van der Waals surface area contributed by atoms with Crippen LogP contribution >= 0.6 is 11.3 Å². The van der Waals surface area contributed by atoms with E-state index in [1.54, 1.807) is 25.1 Å². The SMILES string of the molecule is COC(=O)c1c(NC(=O)c2cccc(N)c2)sc(C(=O)Nc2cc(C)ccc2C)c1C. The van der Waals surface area contributed by atoms with Crippen LogP contribution in [0.3, 0.4) is 0 Å². The average Bonchev–Trinajstić information content (AvgIpc) is 3.06. The molecule has 1 aromatic heterocycles. The molecule has 8 heteroatoms. The molecule has 0 unspecified atom stereocenters. The van der Waals surface area contributed by atoms with Gasteiger partial charge >= 0.3 is 5.97 Å². The minimum Gasteiger partial charge on any atom is -0.465 e. The third kappa shape index (κ3) is 4.75. The highest BCUT2D eigenvalue weighted by atomic mass is 32.1. The summed E-state index contributed by atoms with van der Waals surface area (Å²) >= 11 is 1.02. The van der Waals surface area contributed by atoms with Crippen LogP contribution in [-0.2, 0) is 4.74 Å². The number of rotatable bonds is 5. The van der Waals surface area contributed by atoms with Gasteiger partial charge in [0, 0.05) is 16.9 Å². The van der Waals surface area contributed by atoms with Gasteiger partial charge in [-0.2, -0.15) is 0 Å². The van der Waals surface area contributed by atoms with Crippen LogP contribution in [0.5, 0.6) is 0 Å². The van der Waals surface area contributed by atoms with E-state index in [0.29, 0.717) is 27.4 Å². The maximum absolute atomic E-state index is 13.0. The number of carbonyl (C=O) groups is 3. The predicted molar refractivity (Wildman–Crippen MR) is 123 cm³/mol. The summed E-state index contributed by atoms with van der Waals surface area (Å²) in [7, 11) is 1.25. The molecule has 3 rings (SSSR count). The molecule has 4 N–H and O–H groups in total. The minimum absolute atomic E-state index is 0.149. The second kappa shape index (κ2) is 9.01. The molecule has 0 spiro atoms. The summed E-state index contributed by atoms with van der Waals surface area (Å²) in [5, 5.41) is 5.84. The van der Waals surface area contributed by atoms with Crippen molar-refractivity contribution in [3.63, 3.8) is 0 Å². The zero-order chi connectivity index (χ0) is 22.7. The van der Waals surface area contributed by atoms with E-state index in [1.807, 2.05) is 32.0 Å². The normalized spacial score (nSPS) is 10.5. The molecule has 0 saturated heterocycles. The van der Waals surface area contributed by atoms with Crippen molar-refractivity contribution >= 4 is 45.5 Å². The lowest BCUT2D eigenvalue weighted by Crippen LogP contribution is -2.14. The summed E-state index contributed by atoms with van der Waals surface area (Å²) in [6, 6.07) is 12.2. The molecule has 31 heavy (non-hydrogen) atoms. The number of esters is 1. The molecule has 1 heterocycles. The molecule has 2 aromatic carbocycles. The van der Waals surface area contributed by atoms with Crippen LogP contribution < -0.4 is 16.4 Å². The number of nitrogen functional groups attached to an aromatic ring is 1. The number of methoxy groups -OCH3 is 1. The summed E-state index contributed by atoms with van der Waals surface area (Å²) in [5.41, 5.74) is 9.71. The van der Waals surface area contributed by atoms with Gasteiger partial charge in [-0.1, -0.05) is 18.2 Å². The van der Waals surface area contributed by atoms with Gasteiger partial charge in [0.25, 0.3) is 11.8 Å². The summed E-state index contributed by atoms with van der Waals surface area (Å²) in [5.74, 6) is -1.45. The summed E-state index contributed by atoms with van der Waals surface area (Å²) in [6.45, 7) is 5.48. The third-order valence-corrected chi connectivity index (χ3v) is 5.97. The third-order valence-electron chi connectivity index (χ3n) is 4.76. The Morgan fingerprint density at radius 1 is 0.968 bits per heavy atom. The van der Waals surface area contributed by atoms with Crippen molar-refractivity contribution in [2.45, 2.75) is 20.8 Å². The highest BCUT2D eigenvalue weighted by Gasteiger charge is 2.27. The first-order valence-electron chi connectivity index (χ1n) is 9.48. The van der Waals surface area contributed by atoms with Gasteiger partial charge in [0.2, 0.25) is 0 Å². The first kappa shape index (κ1) is 22.0. The van der Waals surface area contributed by atoms with Gasteiger partial charge in [-0.25, -0.2) is 4.79 Å². The highest BCUT2D eigenvalue weighted by molar-refractivity contribution is 7.19. The number of ether oxygens (including phenoxy) is 1. The lowest BCUT2D eigenvalue weighted by atomic mass is 10.1. The molecule has 0 radical (unpaired) electrons. The first-order chi connectivity index (χ1) is 14.7. The smallest absolute Gasteiger partial charge is 0.341 e. The zero-order valence-corrected chi connectivity index (χ0v) is 18.5. The number of nitrogens with one attached hydrogen (secondary N) is 2. The van der Waals surface area contributed by atoms with E-state index in [1.165, 1.54) is 13.2 Å².